The third-order valence-corrected chi connectivity index (χ3v) is 3.41. The summed E-state index contributed by atoms with van der Waals surface area (Å²) in [4.78, 5) is 0. The Bertz CT molecular complexity index is 369. The average Bonchev–Trinajstić information content (AvgIpc) is 2.69. The Labute approximate surface area is 102 Å². The Kier molecular flexibility index (Phi) is 4.10. The molecule has 1 heterocycles. The summed E-state index contributed by atoms with van der Waals surface area (Å²) in [7, 11) is 0. The molecule has 4 heteroatoms. The van der Waals surface area contributed by atoms with E-state index in [0.717, 1.165) is 18.7 Å². The zero-order valence-electron chi connectivity index (χ0n) is 10.3. The van der Waals surface area contributed by atoms with Crippen LogP contribution in [-0.2, 0) is 0 Å². The fourth-order valence-electron chi connectivity index (χ4n) is 2.37. The summed E-state index contributed by atoms with van der Waals surface area (Å²) in [5.41, 5.74) is 7.13. The molecule has 2 rings (SSSR count). The maximum atomic E-state index is 13.8. The van der Waals surface area contributed by atoms with Gasteiger partial charge in [0.1, 0.15) is 5.82 Å². The van der Waals surface area contributed by atoms with Gasteiger partial charge in [-0.25, -0.2) is 9.82 Å². The molecule has 1 fully saturated rings. The van der Waals surface area contributed by atoms with Crippen molar-refractivity contribution in [3.63, 3.8) is 0 Å². The highest BCUT2D eigenvalue weighted by Crippen LogP contribution is 2.29. The fourth-order valence-corrected chi connectivity index (χ4v) is 2.37. The molecule has 0 aliphatic carbocycles. The number of nitrogens with one attached hydrogen (secondary N) is 3. The van der Waals surface area contributed by atoms with E-state index in [9.17, 15) is 4.39 Å². The van der Waals surface area contributed by atoms with E-state index in [0.29, 0.717) is 12.0 Å². The minimum absolute atomic E-state index is 0.0326. The van der Waals surface area contributed by atoms with Crippen LogP contribution in [0.25, 0.3) is 0 Å². The van der Waals surface area contributed by atoms with E-state index in [1.165, 1.54) is 6.07 Å². The van der Waals surface area contributed by atoms with Gasteiger partial charge in [0, 0.05) is 24.1 Å². The van der Waals surface area contributed by atoms with Crippen LogP contribution in [0.2, 0.25) is 0 Å². The molecule has 3 nitrogen and oxygen atoms in total. The molecule has 0 radical (unpaired) electrons. The molecule has 94 valence electrons. The van der Waals surface area contributed by atoms with E-state index in [2.05, 4.69) is 30.0 Å². The molecular weight excluding hydrogens is 217 g/mol. The second-order valence-electron chi connectivity index (χ2n) is 4.55. The normalized spacial score (nSPS) is 28.5. The standard InChI is InChI=1S/C13H20FN3/c1-3-15-8-11-9(2)16-17-13(11)10-6-4-5-7-12(10)14/h4-7,9,11,13,15-17H,3,8H2,1-2H3. The molecule has 1 aromatic carbocycles. The summed E-state index contributed by atoms with van der Waals surface area (Å²) in [6, 6.07) is 7.34. The summed E-state index contributed by atoms with van der Waals surface area (Å²) in [5, 5.41) is 3.34. The quantitative estimate of drug-likeness (QED) is 0.744. The lowest BCUT2D eigenvalue weighted by atomic mass is 9.90. The van der Waals surface area contributed by atoms with Gasteiger partial charge in [0.2, 0.25) is 0 Å². The van der Waals surface area contributed by atoms with E-state index in [1.54, 1.807) is 6.07 Å². The Hall–Kier alpha value is -0.970. The van der Waals surface area contributed by atoms with Crippen LogP contribution < -0.4 is 16.2 Å². The van der Waals surface area contributed by atoms with Crippen LogP contribution in [0.15, 0.2) is 24.3 Å². The van der Waals surface area contributed by atoms with Gasteiger partial charge < -0.3 is 5.32 Å². The van der Waals surface area contributed by atoms with E-state index in [1.807, 2.05) is 12.1 Å². The Balaban J connectivity index is 2.16. The zero-order chi connectivity index (χ0) is 12.3. The molecule has 0 amide bonds. The molecule has 3 atom stereocenters. The topological polar surface area (TPSA) is 36.1 Å². The second-order valence-corrected chi connectivity index (χ2v) is 4.55. The Morgan fingerprint density at radius 3 is 2.76 bits per heavy atom. The first-order valence-electron chi connectivity index (χ1n) is 6.20. The van der Waals surface area contributed by atoms with Crippen molar-refractivity contribution < 1.29 is 4.39 Å². The third kappa shape index (κ3) is 2.65. The van der Waals surface area contributed by atoms with Gasteiger partial charge in [-0.3, -0.25) is 5.43 Å². The predicted octanol–water partition coefficient (Wildman–Crippen LogP) is 1.59. The SMILES string of the molecule is CCNCC1C(C)NNC1c1ccccc1F. The Morgan fingerprint density at radius 2 is 2.06 bits per heavy atom. The minimum atomic E-state index is -0.137. The molecule has 3 N–H and O–H groups in total. The van der Waals surface area contributed by atoms with Gasteiger partial charge in [-0.15, -0.1) is 0 Å². The molecule has 0 spiro atoms. The van der Waals surface area contributed by atoms with Crippen LogP contribution >= 0.6 is 0 Å². The molecule has 1 aliphatic rings. The lowest BCUT2D eigenvalue weighted by Crippen LogP contribution is -2.32. The van der Waals surface area contributed by atoms with E-state index in [-0.39, 0.29) is 11.9 Å². The van der Waals surface area contributed by atoms with Gasteiger partial charge in [0.15, 0.2) is 0 Å². The number of hydrogen-bond donors (Lipinski definition) is 3. The molecule has 0 saturated carbocycles. The van der Waals surface area contributed by atoms with Crippen molar-refractivity contribution in [1.82, 2.24) is 16.2 Å². The van der Waals surface area contributed by atoms with Crippen molar-refractivity contribution in [2.24, 2.45) is 5.92 Å². The number of hydrogen-bond acceptors (Lipinski definition) is 3. The van der Waals surface area contributed by atoms with Gasteiger partial charge in [-0.05, 0) is 19.5 Å². The monoisotopic (exact) mass is 237 g/mol. The first kappa shape index (κ1) is 12.5. The van der Waals surface area contributed by atoms with Gasteiger partial charge in [0.05, 0.1) is 6.04 Å². The van der Waals surface area contributed by atoms with E-state index in [4.69, 9.17) is 0 Å². The molecule has 0 bridgehead atoms. The largest absolute Gasteiger partial charge is 0.317 e. The zero-order valence-corrected chi connectivity index (χ0v) is 10.3. The van der Waals surface area contributed by atoms with Gasteiger partial charge >= 0.3 is 0 Å². The highest BCUT2D eigenvalue weighted by Gasteiger charge is 2.34. The maximum Gasteiger partial charge on any atom is 0.128 e. The van der Waals surface area contributed by atoms with Crippen LogP contribution in [0, 0.1) is 11.7 Å². The molecule has 1 aromatic rings. The van der Waals surface area contributed by atoms with Crippen molar-refractivity contribution >= 4 is 0 Å². The molecule has 3 unspecified atom stereocenters. The summed E-state index contributed by atoms with van der Waals surface area (Å²) >= 11 is 0. The van der Waals surface area contributed by atoms with Crippen LogP contribution in [0.5, 0.6) is 0 Å². The summed E-state index contributed by atoms with van der Waals surface area (Å²) < 4.78 is 13.8. The van der Waals surface area contributed by atoms with Crippen molar-refractivity contribution in [1.29, 1.82) is 0 Å². The van der Waals surface area contributed by atoms with Crippen LogP contribution in [0.1, 0.15) is 25.5 Å². The summed E-state index contributed by atoms with van der Waals surface area (Å²) in [6.45, 7) is 6.03. The number of halogens is 1. The fraction of sp³-hybridized carbons (Fsp3) is 0.538. The summed E-state index contributed by atoms with van der Waals surface area (Å²) in [5.74, 6) is 0.217. The van der Waals surface area contributed by atoms with Crippen LogP contribution in [0.3, 0.4) is 0 Å². The van der Waals surface area contributed by atoms with Crippen molar-refractivity contribution in [2.75, 3.05) is 13.1 Å². The third-order valence-electron chi connectivity index (χ3n) is 3.41. The second kappa shape index (κ2) is 5.58. The molecule has 1 aliphatic heterocycles. The molecular formula is C13H20FN3. The highest BCUT2D eigenvalue weighted by molar-refractivity contribution is 5.23. The van der Waals surface area contributed by atoms with Gasteiger partial charge in [-0.2, -0.15) is 0 Å². The van der Waals surface area contributed by atoms with Gasteiger partial charge in [-0.1, -0.05) is 25.1 Å². The minimum Gasteiger partial charge on any atom is -0.317 e. The number of rotatable bonds is 4. The van der Waals surface area contributed by atoms with Gasteiger partial charge in [0.25, 0.3) is 0 Å². The van der Waals surface area contributed by atoms with Crippen LogP contribution in [-0.4, -0.2) is 19.1 Å². The molecule has 17 heavy (non-hydrogen) atoms. The predicted molar refractivity (Wildman–Crippen MR) is 66.9 cm³/mol. The molecule has 1 saturated heterocycles. The lowest BCUT2D eigenvalue weighted by molar-refractivity contribution is 0.399. The average molecular weight is 237 g/mol. The lowest BCUT2D eigenvalue weighted by Gasteiger charge is -2.21. The molecule has 0 aromatic heterocycles. The Morgan fingerprint density at radius 1 is 1.29 bits per heavy atom. The number of benzene rings is 1. The first-order chi connectivity index (χ1) is 8.24. The first-order valence-corrected chi connectivity index (χ1v) is 6.20. The van der Waals surface area contributed by atoms with E-state index < -0.39 is 0 Å². The maximum absolute atomic E-state index is 13.8. The van der Waals surface area contributed by atoms with E-state index >= 15 is 0 Å². The summed E-state index contributed by atoms with van der Waals surface area (Å²) in [6.07, 6.45) is 0. The number of hydrazine groups is 1. The van der Waals surface area contributed by atoms with Crippen LogP contribution in [0.4, 0.5) is 4.39 Å². The van der Waals surface area contributed by atoms with Crippen molar-refractivity contribution in [3.05, 3.63) is 35.6 Å². The van der Waals surface area contributed by atoms with Crippen molar-refractivity contribution in [2.45, 2.75) is 25.9 Å². The smallest absolute Gasteiger partial charge is 0.128 e. The van der Waals surface area contributed by atoms with Crippen molar-refractivity contribution in [3.8, 4) is 0 Å². The highest BCUT2D eigenvalue weighted by atomic mass is 19.1.